The van der Waals surface area contributed by atoms with Gasteiger partial charge >= 0.3 is 0 Å². The van der Waals surface area contributed by atoms with E-state index in [1.807, 2.05) is 72.6 Å². The molecule has 0 saturated carbocycles. The Bertz CT molecular complexity index is 1600. The fourth-order valence-corrected chi connectivity index (χ4v) is 4.96. The fourth-order valence-electron chi connectivity index (χ4n) is 4.96. The van der Waals surface area contributed by atoms with Gasteiger partial charge in [0.1, 0.15) is 17.4 Å². The van der Waals surface area contributed by atoms with Gasteiger partial charge in [-0.15, -0.1) is 0 Å². The number of amides is 2. The summed E-state index contributed by atoms with van der Waals surface area (Å²) in [5.74, 6) is 2.30. The number of anilines is 3. The lowest BCUT2D eigenvalue weighted by atomic mass is 10.1. The van der Waals surface area contributed by atoms with Crippen molar-refractivity contribution in [2.45, 2.75) is 6.54 Å². The average Bonchev–Trinajstić information content (AvgIpc) is 3.08. The van der Waals surface area contributed by atoms with E-state index in [0.29, 0.717) is 50.5 Å². The van der Waals surface area contributed by atoms with Gasteiger partial charge in [0.25, 0.3) is 5.91 Å². The van der Waals surface area contributed by atoms with E-state index in [9.17, 15) is 9.59 Å². The molecule has 232 valence electrons. The van der Waals surface area contributed by atoms with E-state index in [2.05, 4.69) is 26.6 Å². The molecule has 1 aliphatic rings. The highest BCUT2D eigenvalue weighted by Gasteiger charge is 2.23. The molecular weight excluding hydrogens is 566 g/mol. The lowest BCUT2D eigenvalue weighted by Gasteiger charge is -2.35. The van der Waals surface area contributed by atoms with Gasteiger partial charge in [0.2, 0.25) is 5.91 Å². The maximum atomic E-state index is 13.1. The van der Waals surface area contributed by atoms with Crippen LogP contribution in [0.3, 0.4) is 0 Å². The van der Waals surface area contributed by atoms with E-state index in [-0.39, 0.29) is 11.8 Å². The van der Waals surface area contributed by atoms with Gasteiger partial charge in [-0.2, -0.15) is 0 Å². The molecule has 1 saturated heterocycles. The number of nitrogens with zero attached hydrogens (tertiary/aromatic N) is 5. The number of aromatic nitrogens is 2. The molecule has 2 amide bonds. The Labute approximate surface area is 264 Å². The van der Waals surface area contributed by atoms with Crippen molar-refractivity contribution in [1.29, 1.82) is 0 Å². The third-order valence-electron chi connectivity index (χ3n) is 7.50. The van der Waals surface area contributed by atoms with Crippen molar-refractivity contribution in [2.75, 3.05) is 69.5 Å². The van der Waals surface area contributed by atoms with Gasteiger partial charge < -0.3 is 30.1 Å². The van der Waals surface area contributed by atoms with Gasteiger partial charge in [0.05, 0.1) is 7.11 Å². The first-order valence-corrected chi connectivity index (χ1v) is 14.9. The number of carbonyl (C=O) groups excluding carboxylic acids is 2. The van der Waals surface area contributed by atoms with Crippen LogP contribution in [0.4, 0.5) is 17.3 Å². The molecule has 45 heavy (non-hydrogen) atoms. The van der Waals surface area contributed by atoms with E-state index in [4.69, 9.17) is 9.72 Å². The molecule has 0 unspecified atom stereocenters. The highest BCUT2D eigenvalue weighted by molar-refractivity contribution is 6.00. The number of hydrogen-bond acceptors (Lipinski definition) is 8. The van der Waals surface area contributed by atoms with Crippen LogP contribution in [0.2, 0.25) is 0 Å². The zero-order valence-electron chi connectivity index (χ0n) is 25.9. The summed E-state index contributed by atoms with van der Waals surface area (Å²) in [7, 11) is 5.54. The maximum Gasteiger partial charge on any atom is 0.253 e. The molecule has 1 aliphatic heterocycles. The van der Waals surface area contributed by atoms with Crippen LogP contribution in [0.25, 0.3) is 11.1 Å². The number of hydrogen-bond donors (Lipinski definition) is 2. The molecule has 2 N–H and O–H groups in total. The minimum absolute atomic E-state index is 0.0178. The Morgan fingerprint density at radius 2 is 1.67 bits per heavy atom. The van der Waals surface area contributed by atoms with E-state index in [1.54, 1.807) is 43.6 Å². The number of ether oxygens (including phenoxy) is 1. The average molecular weight is 606 g/mol. The molecule has 0 spiro atoms. The summed E-state index contributed by atoms with van der Waals surface area (Å²) in [5.41, 5.74) is 4.42. The minimum Gasteiger partial charge on any atom is -0.497 e. The molecule has 0 bridgehead atoms. The Morgan fingerprint density at radius 3 is 2.33 bits per heavy atom. The van der Waals surface area contributed by atoms with Crippen molar-refractivity contribution >= 4 is 29.1 Å². The van der Waals surface area contributed by atoms with Crippen molar-refractivity contribution in [3.8, 4) is 16.9 Å². The molecule has 0 radical (unpaired) electrons. The number of rotatable bonds is 11. The maximum absolute atomic E-state index is 13.1. The smallest absolute Gasteiger partial charge is 0.253 e. The van der Waals surface area contributed by atoms with Gasteiger partial charge in [-0.05, 0) is 85.9 Å². The normalized spacial score (nSPS) is 13.2. The molecule has 5 rings (SSSR count). The van der Waals surface area contributed by atoms with Crippen molar-refractivity contribution in [3.63, 3.8) is 0 Å². The fraction of sp³-hybridized carbons (Fsp3) is 0.257. The summed E-state index contributed by atoms with van der Waals surface area (Å²) >= 11 is 0. The van der Waals surface area contributed by atoms with E-state index >= 15 is 0 Å². The van der Waals surface area contributed by atoms with Crippen LogP contribution in [-0.2, 0) is 11.3 Å². The predicted molar refractivity (Wildman–Crippen MR) is 179 cm³/mol. The molecule has 10 heteroatoms. The Balaban J connectivity index is 1.11. The number of nitrogens with one attached hydrogen (secondary N) is 2. The lowest BCUT2D eigenvalue weighted by molar-refractivity contribution is -0.111. The minimum atomic E-state index is -0.197. The second-order valence-corrected chi connectivity index (χ2v) is 11.0. The van der Waals surface area contributed by atoms with E-state index in [1.165, 1.54) is 6.08 Å². The van der Waals surface area contributed by atoms with Crippen molar-refractivity contribution < 1.29 is 14.3 Å². The third-order valence-corrected chi connectivity index (χ3v) is 7.50. The van der Waals surface area contributed by atoms with Crippen molar-refractivity contribution in [2.24, 2.45) is 0 Å². The van der Waals surface area contributed by atoms with E-state index < -0.39 is 0 Å². The standard InChI is InChI=1S/C35H39N7O3/c1-40(2)18-4-5-34(43)39-30-11-8-27(9-12-30)35(44)42-21-19-41(20-22-42)33-15-10-29(25-38-33)28-16-17-36-32(23-28)37-24-26-6-13-31(45-3)14-7-26/h4-17,23,25H,18-22,24H2,1-3H3,(H,36,37)(H,39,43)/b5-4+. The number of piperazine rings is 1. The van der Waals surface area contributed by atoms with Gasteiger partial charge in [-0.3, -0.25) is 9.59 Å². The Morgan fingerprint density at radius 1 is 0.911 bits per heavy atom. The first kappa shape index (κ1) is 31.2. The molecule has 1 fully saturated rings. The van der Waals surface area contributed by atoms with Crippen LogP contribution >= 0.6 is 0 Å². The molecule has 0 aliphatic carbocycles. The zero-order valence-corrected chi connectivity index (χ0v) is 25.9. The molecule has 2 aromatic carbocycles. The van der Waals surface area contributed by atoms with Gasteiger partial charge in [-0.25, -0.2) is 9.97 Å². The molecule has 10 nitrogen and oxygen atoms in total. The molecule has 4 aromatic rings. The predicted octanol–water partition coefficient (Wildman–Crippen LogP) is 4.78. The number of carbonyl (C=O) groups is 2. The SMILES string of the molecule is COc1ccc(CNc2cc(-c3ccc(N4CCN(C(=O)c5ccc(NC(=O)/C=C/CN(C)C)cc5)CC4)nc3)ccn2)cc1. The summed E-state index contributed by atoms with van der Waals surface area (Å²) in [6.07, 6.45) is 7.00. The molecular formula is C35H39N7O3. The number of pyridine rings is 2. The molecule has 2 aromatic heterocycles. The highest BCUT2D eigenvalue weighted by Crippen LogP contribution is 2.24. The van der Waals surface area contributed by atoms with Crippen LogP contribution in [0.15, 0.2) is 97.3 Å². The third kappa shape index (κ3) is 8.67. The van der Waals surface area contributed by atoms with E-state index in [0.717, 1.165) is 34.1 Å². The second kappa shape index (κ2) is 15.0. The highest BCUT2D eigenvalue weighted by atomic mass is 16.5. The first-order chi connectivity index (χ1) is 21.9. The zero-order chi connectivity index (χ0) is 31.6. The summed E-state index contributed by atoms with van der Waals surface area (Å²) in [6, 6.07) is 23.1. The van der Waals surface area contributed by atoms with Crippen LogP contribution in [0.1, 0.15) is 15.9 Å². The van der Waals surface area contributed by atoms with Gasteiger partial charge in [0.15, 0.2) is 0 Å². The molecule has 3 heterocycles. The van der Waals surface area contributed by atoms with Crippen LogP contribution < -0.4 is 20.3 Å². The van der Waals surface area contributed by atoms with Crippen molar-refractivity contribution in [1.82, 2.24) is 19.8 Å². The van der Waals surface area contributed by atoms with Crippen molar-refractivity contribution in [3.05, 3.63) is 108 Å². The summed E-state index contributed by atoms with van der Waals surface area (Å²) < 4.78 is 5.23. The first-order valence-electron chi connectivity index (χ1n) is 14.9. The Kier molecular flexibility index (Phi) is 10.4. The lowest BCUT2D eigenvalue weighted by Crippen LogP contribution is -2.49. The summed E-state index contributed by atoms with van der Waals surface area (Å²) in [4.78, 5) is 40.5. The van der Waals surface area contributed by atoms with Crippen LogP contribution in [0, 0.1) is 0 Å². The van der Waals surface area contributed by atoms with Crippen LogP contribution in [-0.4, -0.2) is 85.5 Å². The number of likely N-dealkylation sites (N-methyl/N-ethyl adjacent to an activating group) is 1. The molecule has 0 atom stereocenters. The quantitative estimate of drug-likeness (QED) is 0.236. The monoisotopic (exact) mass is 605 g/mol. The van der Waals surface area contributed by atoms with Crippen LogP contribution in [0.5, 0.6) is 5.75 Å². The number of methoxy groups -OCH3 is 1. The Hall–Kier alpha value is -5.22. The second-order valence-electron chi connectivity index (χ2n) is 11.0. The summed E-state index contributed by atoms with van der Waals surface area (Å²) in [5, 5.41) is 6.21. The number of benzene rings is 2. The topological polar surface area (TPSA) is 103 Å². The largest absolute Gasteiger partial charge is 0.497 e. The van der Waals surface area contributed by atoms with Gasteiger partial charge in [0, 0.05) is 74.6 Å². The summed E-state index contributed by atoms with van der Waals surface area (Å²) in [6.45, 7) is 3.94. The van der Waals surface area contributed by atoms with Gasteiger partial charge in [-0.1, -0.05) is 18.2 Å².